The number of anilines is 1. The molecular weight excluding hydrogens is 358 g/mol. The number of esters is 1. The molecule has 0 bridgehead atoms. The Morgan fingerprint density at radius 1 is 1.04 bits per heavy atom. The Bertz CT molecular complexity index is 1060. The van der Waals surface area contributed by atoms with Gasteiger partial charge in [0, 0.05) is 0 Å². The molecule has 0 saturated heterocycles. The highest BCUT2D eigenvalue weighted by Crippen LogP contribution is 2.33. The molecule has 0 aromatic heterocycles. The first-order valence-corrected chi connectivity index (χ1v) is 8.91. The standard InChI is InChI=1S/C22H19NO5/c1-14-22(25)23(19-5-3-4-6-20(19)27-14)13-21(24)28-18-10-8-15-7-9-17(26-2)11-16(15)12-18/h3-12,14H,13H2,1-2H3/t14-/m1/s1. The normalized spacial score (nSPS) is 15.7. The van der Waals surface area contributed by atoms with Crippen molar-refractivity contribution in [2.24, 2.45) is 0 Å². The minimum Gasteiger partial charge on any atom is -0.497 e. The van der Waals surface area contributed by atoms with E-state index in [0.29, 0.717) is 17.2 Å². The summed E-state index contributed by atoms with van der Waals surface area (Å²) in [7, 11) is 1.60. The first-order chi connectivity index (χ1) is 13.5. The predicted octanol–water partition coefficient (Wildman–Crippen LogP) is 3.57. The molecule has 0 radical (unpaired) electrons. The van der Waals surface area contributed by atoms with Gasteiger partial charge in [-0.15, -0.1) is 0 Å². The molecule has 6 heteroatoms. The Morgan fingerprint density at radius 3 is 2.54 bits per heavy atom. The third-order valence-corrected chi connectivity index (χ3v) is 4.61. The minimum absolute atomic E-state index is 0.195. The van der Waals surface area contributed by atoms with Crippen molar-refractivity contribution in [3.63, 3.8) is 0 Å². The molecular formula is C22H19NO5. The van der Waals surface area contributed by atoms with Gasteiger partial charge in [-0.1, -0.05) is 24.3 Å². The highest BCUT2D eigenvalue weighted by Gasteiger charge is 2.32. The summed E-state index contributed by atoms with van der Waals surface area (Å²) in [6.07, 6.45) is -0.657. The van der Waals surface area contributed by atoms with Crippen LogP contribution in [0.25, 0.3) is 10.8 Å². The van der Waals surface area contributed by atoms with Gasteiger partial charge in [-0.2, -0.15) is 0 Å². The molecule has 1 amide bonds. The molecule has 3 aromatic carbocycles. The molecule has 0 N–H and O–H groups in total. The molecule has 28 heavy (non-hydrogen) atoms. The number of nitrogens with zero attached hydrogens (tertiary/aromatic N) is 1. The van der Waals surface area contributed by atoms with Gasteiger partial charge in [0.15, 0.2) is 6.10 Å². The van der Waals surface area contributed by atoms with Crippen LogP contribution >= 0.6 is 0 Å². The van der Waals surface area contributed by atoms with E-state index in [0.717, 1.165) is 16.5 Å². The van der Waals surface area contributed by atoms with Gasteiger partial charge in [-0.3, -0.25) is 9.69 Å². The lowest BCUT2D eigenvalue weighted by molar-refractivity contribution is -0.135. The van der Waals surface area contributed by atoms with Crippen LogP contribution in [0.15, 0.2) is 60.7 Å². The Morgan fingerprint density at radius 2 is 1.75 bits per heavy atom. The lowest BCUT2D eigenvalue weighted by atomic mass is 10.1. The highest BCUT2D eigenvalue weighted by molar-refractivity contribution is 6.03. The van der Waals surface area contributed by atoms with E-state index in [2.05, 4.69) is 0 Å². The summed E-state index contributed by atoms with van der Waals surface area (Å²) in [5.74, 6) is 0.895. The summed E-state index contributed by atoms with van der Waals surface area (Å²) in [4.78, 5) is 26.4. The largest absolute Gasteiger partial charge is 0.497 e. The SMILES string of the molecule is COc1ccc2ccc(OC(=O)CN3C(=O)[C@@H](C)Oc4ccccc43)cc2c1. The van der Waals surface area contributed by atoms with Crippen LogP contribution in [0.3, 0.4) is 0 Å². The number of hydrogen-bond acceptors (Lipinski definition) is 5. The number of carbonyl (C=O) groups excluding carboxylic acids is 2. The van der Waals surface area contributed by atoms with Crippen molar-refractivity contribution < 1.29 is 23.8 Å². The number of carbonyl (C=O) groups is 2. The maximum Gasteiger partial charge on any atom is 0.331 e. The average molecular weight is 377 g/mol. The van der Waals surface area contributed by atoms with Crippen LogP contribution in [0.1, 0.15) is 6.92 Å². The second-order valence-electron chi connectivity index (χ2n) is 6.50. The lowest BCUT2D eigenvalue weighted by Crippen LogP contribution is -2.47. The van der Waals surface area contributed by atoms with Crippen LogP contribution in [0, 0.1) is 0 Å². The number of benzene rings is 3. The third kappa shape index (κ3) is 3.36. The van der Waals surface area contributed by atoms with Crippen LogP contribution < -0.4 is 19.1 Å². The highest BCUT2D eigenvalue weighted by atomic mass is 16.5. The molecule has 1 aliphatic rings. The van der Waals surface area contributed by atoms with E-state index in [-0.39, 0.29) is 12.5 Å². The topological polar surface area (TPSA) is 65.1 Å². The molecule has 0 spiro atoms. The number of rotatable bonds is 4. The van der Waals surface area contributed by atoms with Crippen molar-refractivity contribution >= 4 is 28.3 Å². The van der Waals surface area contributed by atoms with Crippen LogP contribution in [0.4, 0.5) is 5.69 Å². The van der Waals surface area contributed by atoms with E-state index in [1.54, 1.807) is 44.4 Å². The van der Waals surface area contributed by atoms with Gasteiger partial charge in [0.25, 0.3) is 5.91 Å². The van der Waals surface area contributed by atoms with Crippen molar-refractivity contribution in [2.45, 2.75) is 13.0 Å². The van der Waals surface area contributed by atoms with Gasteiger partial charge in [-0.25, -0.2) is 4.79 Å². The maximum absolute atomic E-state index is 12.5. The van der Waals surface area contributed by atoms with Gasteiger partial charge >= 0.3 is 5.97 Å². The number of hydrogen-bond donors (Lipinski definition) is 0. The van der Waals surface area contributed by atoms with E-state index < -0.39 is 12.1 Å². The molecule has 4 rings (SSSR count). The van der Waals surface area contributed by atoms with Crippen LogP contribution in [-0.2, 0) is 9.59 Å². The third-order valence-electron chi connectivity index (χ3n) is 4.61. The van der Waals surface area contributed by atoms with E-state index in [9.17, 15) is 9.59 Å². The molecule has 0 fully saturated rings. The molecule has 142 valence electrons. The zero-order valence-electron chi connectivity index (χ0n) is 15.5. The summed E-state index contributed by atoms with van der Waals surface area (Å²) >= 11 is 0. The Labute approximate surface area is 162 Å². The zero-order chi connectivity index (χ0) is 19.7. The number of para-hydroxylation sites is 2. The second-order valence-corrected chi connectivity index (χ2v) is 6.50. The maximum atomic E-state index is 12.5. The van der Waals surface area contributed by atoms with Crippen molar-refractivity contribution in [3.05, 3.63) is 60.7 Å². The first kappa shape index (κ1) is 17.9. The monoisotopic (exact) mass is 377 g/mol. The number of ether oxygens (including phenoxy) is 3. The summed E-state index contributed by atoms with van der Waals surface area (Å²) in [5, 5.41) is 1.90. The van der Waals surface area contributed by atoms with Gasteiger partial charge in [0.05, 0.1) is 12.8 Å². The fraction of sp³-hybridized carbons (Fsp3) is 0.182. The van der Waals surface area contributed by atoms with Crippen molar-refractivity contribution in [3.8, 4) is 17.2 Å². The van der Waals surface area contributed by atoms with Crippen molar-refractivity contribution in [2.75, 3.05) is 18.6 Å². The number of fused-ring (bicyclic) bond motifs is 2. The molecule has 3 aromatic rings. The molecule has 0 saturated carbocycles. The Kier molecular flexibility index (Phi) is 4.61. The smallest absolute Gasteiger partial charge is 0.331 e. The Balaban J connectivity index is 1.54. The average Bonchev–Trinajstić information content (AvgIpc) is 2.70. The van der Waals surface area contributed by atoms with Gasteiger partial charge < -0.3 is 14.2 Å². The first-order valence-electron chi connectivity index (χ1n) is 8.91. The lowest BCUT2D eigenvalue weighted by Gasteiger charge is -2.32. The molecule has 0 aliphatic carbocycles. The van der Waals surface area contributed by atoms with Crippen LogP contribution in [0.5, 0.6) is 17.2 Å². The van der Waals surface area contributed by atoms with Crippen LogP contribution in [0.2, 0.25) is 0 Å². The summed E-state index contributed by atoms with van der Waals surface area (Å²) < 4.78 is 16.3. The van der Waals surface area contributed by atoms with E-state index >= 15 is 0 Å². The molecule has 1 heterocycles. The van der Waals surface area contributed by atoms with E-state index in [1.807, 2.05) is 30.3 Å². The second kappa shape index (κ2) is 7.23. The van der Waals surface area contributed by atoms with Crippen molar-refractivity contribution in [1.29, 1.82) is 0 Å². The quantitative estimate of drug-likeness (QED) is 0.514. The molecule has 6 nitrogen and oxygen atoms in total. The molecule has 1 aliphatic heterocycles. The van der Waals surface area contributed by atoms with Gasteiger partial charge in [-0.05, 0) is 54.1 Å². The minimum atomic E-state index is -0.657. The van der Waals surface area contributed by atoms with Gasteiger partial charge in [0.2, 0.25) is 0 Å². The number of amides is 1. The predicted molar refractivity (Wildman–Crippen MR) is 105 cm³/mol. The van der Waals surface area contributed by atoms with E-state index in [1.165, 1.54) is 4.90 Å². The molecule has 1 atom stereocenters. The number of methoxy groups -OCH3 is 1. The van der Waals surface area contributed by atoms with Gasteiger partial charge in [0.1, 0.15) is 23.8 Å². The summed E-state index contributed by atoms with van der Waals surface area (Å²) in [5.41, 5.74) is 0.561. The zero-order valence-corrected chi connectivity index (χ0v) is 15.5. The molecule has 0 unspecified atom stereocenters. The Hall–Kier alpha value is -3.54. The fourth-order valence-electron chi connectivity index (χ4n) is 3.21. The van der Waals surface area contributed by atoms with Crippen LogP contribution in [-0.4, -0.2) is 31.6 Å². The van der Waals surface area contributed by atoms with E-state index in [4.69, 9.17) is 14.2 Å². The fourth-order valence-corrected chi connectivity index (χ4v) is 3.21. The van der Waals surface area contributed by atoms with Crippen molar-refractivity contribution in [1.82, 2.24) is 0 Å². The summed E-state index contributed by atoms with van der Waals surface area (Å²) in [6.45, 7) is 1.47. The summed E-state index contributed by atoms with van der Waals surface area (Å²) in [6, 6.07) is 18.2.